The monoisotopic (exact) mass is 253 g/mol. The van der Waals surface area contributed by atoms with E-state index in [9.17, 15) is 9.90 Å². The van der Waals surface area contributed by atoms with E-state index in [1.165, 1.54) is 6.26 Å². The lowest BCUT2D eigenvalue weighted by atomic mass is 9.90. The fraction of sp³-hybridized carbons (Fsp3) is 0.643. The van der Waals surface area contributed by atoms with Gasteiger partial charge in [0.1, 0.15) is 11.9 Å². The third kappa shape index (κ3) is 4.18. The Bertz CT molecular complexity index is 346. The Morgan fingerprint density at radius 3 is 2.72 bits per heavy atom. The highest BCUT2D eigenvalue weighted by Gasteiger charge is 2.22. The number of amides is 1. The molecule has 0 aliphatic carbocycles. The highest BCUT2D eigenvalue weighted by molar-refractivity contribution is 5.78. The van der Waals surface area contributed by atoms with Crippen molar-refractivity contribution in [3.05, 3.63) is 24.2 Å². The maximum Gasteiger partial charge on any atom is 0.223 e. The Labute approximate surface area is 108 Å². The summed E-state index contributed by atoms with van der Waals surface area (Å²) in [7, 11) is 0. The Hall–Kier alpha value is -1.29. The zero-order chi connectivity index (χ0) is 13.5. The predicted molar refractivity (Wildman–Crippen MR) is 69.9 cm³/mol. The van der Waals surface area contributed by atoms with Crippen LogP contribution in [0.25, 0.3) is 0 Å². The Kier molecular flexibility index (Phi) is 5.92. The van der Waals surface area contributed by atoms with E-state index < -0.39 is 6.10 Å². The van der Waals surface area contributed by atoms with Crippen LogP contribution in [0.1, 0.15) is 45.5 Å². The molecule has 0 radical (unpaired) electrons. The van der Waals surface area contributed by atoms with Gasteiger partial charge in [0.05, 0.1) is 12.8 Å². The van der Waals surface area contributed by atoms with E-state index in [0.29, 0.717) is 11.7 Å². The van der Waals surface area contributed by atoms with Crippen LogP contribution in [-0.2, 0) is 4.79 Å². The average Bonchev–Trinajstić information content (AvgIpc) is 2.85. The fourth-order valence-corrected chi connectivity index (χ4v) is 1.99. The summed E-state index contributed by atoms with van der Waals surface area (Å²) in [6, 6.07) is 3.41. The zero-order valence-corrected chi connectivity index (χ0v) is 11.3. The molecule has 1 aromatic rings. The molecule has 1 heterocycles. The molecule has 4 nitrogen and oxygen atoms in total. The predicted octanol–water partition coefficient (Wildman–Crippen LogP) is 2.50. The molecular formula is C14H23NO3. The molecule has 1 rings (SSSR count). The second kappa shape index (κ2) is 7.21. The summed E-state index contributed by atoms with van der Waals surface area (Å²) < 4.78 is 5.08. The smallest absolute Gasteiger partial charge is 0.223 e. The molecule has 2 unspecified atom stereocenters. The summed E-state index contributed by atoms with van der Waals surface area (Å²) in [6.07, 6.45) is 2.59. The van der Waals surface area contributed by atoms with E-state index >= 15 is 0 Å². The van der Waals surface area contributed by atoms with Crippen LogP contribution in [0.4, 0.5) is 0 Å². The van der Waals surface area contributed by atoms with Gasteiger partial charge in [0.25, 0.3) is 0 Å². The van der Waals surface area contributed by atoms with Crippen molar-refractivity contribution in [2.45, 2.75) is 39.7 Å². The van der Waals surface area contributed by atoms with E-state index in [-0.39, 0.29) is 18.4 Å². The lowest BCUT2D eigenvalue weighted by molar-refractivity contribution is -0.127. The normalized spacial score (nSPS) is 14.5. The molecule has 0 spiro atoms. The van der Waals surface area contributed by atoms with Gasteiger partial charge in [0, 0.05) is 5.92 Å². The van der Waals surface area contributed by atoms with Crippen molar-refractivity contribution >= 4 is 5.91 Å². The van der Waals surface area contributed by atoms with Crippen molar-refractivity contribution in [2.24, 2.45) is 11.8 Å². The highest BCUT2D eigenvalue weighted by Crippen LogP contribution is 2.18. The third-order valence-corrected chi connectivity index (χ3v) is 3.08. The van der Waals surface area contributed by atoms with Crippen molar-refractivity contribution < 1.29 is 14.3 Å². The molecule has 2 atom stereocenters. The molecule has 102 valence electrons. The van der Waals surface area contributed by atoms with Crippen molar-refractivity contribution in [2.75, 3.05) is 6.54 Å². The first-order valence-electron chi connectivity index (χ1n) is 6.55. The van der Waals surface area contributed by atoms with Crippen molar-refractivity contribution in [1.82, 2.24) is 5.32 Å². The number of aliphatic hydroxyl groups is 1. The number of aliphatic hydroxyl groups excluding tert-OH is 1. The summed E-state index contributed by atoms with van der Waals surface area (Å²) in [5, 5.41) is 12.6. The lowest BCUT2D eigenvalue weighted by Gasteiger charge is -2.20. The minimum atomic E-state index is -0.779. The van der Waals surface area contributed by atoms with Crippen LogP contribution < -0.4 is 5.32 Å². The van der Waals surface area contributed by atoms with Gasteiger partial charge < -0.3 is 14.8 Å². The van der Waals surface area contributed by atoms with E-state index in [2.05, 4.69) is 12.2 Å². The second-order valence-electron chi connectivity index (χ2n) is 4.92. The summed E-state index contributed by atoms with van der Waals surface area (Å²) in [5.41, 5.74) is 0. The van der Waals surface area contributed by atoms with Gasteiger partial charge in [-0.15, -0.1) is 0 Å². The van der Waals surface area contributed by atoms with E-state index in [4.69, 9.17) is 4.42 Å². The topological polar surface area (TPSA) is 62.5 Å². The molecule has 4 heteroatoms. The first-order valence-corrected chi connectivity index (χ1v) is 6.55. The SMILES string of the molecule is CCCC(C(=O)NCC(O)c1ccco1)C(C)C. The summed E-state index contributed by atoms with van der Waals surface area (Å²) >= 11 is 0. The van der Waals surface area contributed by atoms with Gasteiger partial charge in [-0.25, -0.2) is 0 Å². The summed E-state index contributed by atoms with van der Waals surface area (Å²) in [5.74, 6) is 0.814. The van der Waals surface area contributed by atoms with Crippen LogP contribution in [0.5, 0.6) is 0 Å². The van der Waals surface area contributed by atoms with E-state index in [1.807, 2.05) is 13.8 Å². The molecule has 0 saturated heterocycles. The zero-order valence-electron chi connectivity index (χ0n) is 11.3. The Balaban J connectivity index is 2.44. The first kappa shape index (κ1) is 14.8. The molecule has 0 saturated carbocycles. The molecule has 0 aromatic carbocycles. The number of carbonyl (C=O) groups excluding carboxylic acids is 1. The van der Waals surface area contributed by atoms with Crippen molar-refractivity contribution in [3.63, 3.8) is 0 Å². The Morgan fingerprint density at radius 2 is 2.22 bits per heavy atom. The minimum absolute atomic E-state index is 0.0115. The van der Waals surface area contributed by atoms with Crippen LogP contribution in [0.15, 0.2) is 22.8 Å². The minimum Gasteiger partial charge on any atom is -0.467 e. The largest absolute Gasteiger partial charge is 0.467 e. The highest BCUT2D eigenvalue weighted by atomic mass is 16.4. The summed E-state index contributed by atoms with van der Waals surface area (Å²) in [4.78, 5) is 12.0. The number of rotatable bonds is 7. The lowest BCUT2D eigenvalue weighted by Crippen LogP contribution is -2.36. The number of nitrogens with one attached hydrogen (secondary N) is 1. The number of furan rings is 1. The van der Waals surface area contributed by atoms with Crippen LogP contribution in [0, 0.1) is 11.8 Å². The quantitative estimate of drug-likeness (QED) is 0.784. The molecule has 2 N–H and O–H groups in total. The number of hydrogen-bond acceptors (Lipinski definition) is 3. The van der Waals surface area contributed by atoms with Gasteiger partial charge in [-0.1, -0.05) is 27.2 Å². The van der Waals surface area contributed by atoms with Crippen LogP contribution in [-0.4, -0.2) is 17.6 Å². The van der Waals surface area contributed by atoms with Gasteiger partial charge in [0.15, 0.2) is 0 Å². The molecule has 0 aliphatic heterocycles. The first-order chi connectivity index (χ1) is 8.56. The van der Waals surface area contributed by atoms with Crippen LogP contribution in [0.2, 0.25) is 0 Å². The number of carbonyl (C=O) groups is 1. The van der Waals surface area contributed by atoms with E-state index in [0.717, 1.165) is 12.8 Å². The molecule has 0 fully saturated rings. The summed E-state index contributed by atoms with van der Waals surface area (Å²) in [6.45, 7) is 6.35. The van der Waals surface area contributed by atoms with E-state index in [1.54, 1.807) is 12.1 Å². The van der Waals surface area contributed by atoms with Gasteiger partial charge in [-0.2, -0.15) is 0 Å². The number of hydrogen-bond donors (Lipinski definition) is 2. The molecule has 1 amide bonds. The van der Waals surface area contributed by atoms with Gasteiger partial charge in [-0.05, 0) is 24.5 Å². The maximum absolute atomic E-state index is 12.0. The third-order valence-electron chi connectivity index (χ3n) is 3.08. The average molecular weight is 253 g/mol. The maximum atomic E-state index is 12.0. The fourth-order valence-electron chi connectivity index (χ4n) is 1.99. The van der Waals surface area contributed by atoms with Crippen LogP contribution >= 0.6 is 0 Å². The molecular weight excluding hydrogens is 230 g/mol. The van der Waals surface area contributed by atoms with Crippen molar-refractivity contribution in [1.29, 1.82) is 0 Å². The molecule has 0 aliphatic rings. The van der Waals surface area contributed by atoms with Crippen LogP contribution in [0.3, 0.4) is 0 Å². The van der Waals surface area contributed by atoms with Gasteiger partial charge in [0.2, 0.25) is 5.91 Å². The van der Waals surface area contributed by atoms with Gasteiger partial charge in [-0.3, -0.25) is 4.79 Å². The molecule has 18 heavy (non-hydrogen) atoms. The second-order valence-corrected chi connectivity index (χ2v) is 4.92. The van der Waals surface area contributed by atoms with Gasteiger partial charge >= 0.3 is 0 Å². The Morgan fingerprint density at radius 1 is 1.50 bits per heavy atom. The standard InChI is InChI=1S/C14H23NO3/c1-4-6-11(10(2)3)14(17)15-9-12(16)13-7-5-8-18-13/h5,7-8,10-12,16H,4,6,9H2,1-3H3,(H,15,17). The van der Waals surface area contributed by atoms with Crippen molar-refractivity contribution in [3.8, 4) is 0 Å². The molecule has 1 aromatic heterocycles. The molecule has 0 bridgehead atoms.